The van der Waals surface area contributed by atoms with Gasteiger partial charge in [0, 0.05) is 4.90 Å². The Labute approximate surface area is 148 Å². The predicted molar refractivity (Wildman–Crippen MR) is 95.6 cm³/mol. The standard InChI is InChI=1S/C19H26O4S/c1-3-8-14-11-12-16(17(13-14)24-19(21)22-4-2)18(20)23-15-9-6-5-7-10-15/h11-13,15H,3-10H2,1-2H3. The van der Waals surface area contributed by atoms with Gasteiger partial charge in [-0.05, 0) is 68.5 Å². The van der Waals surface area contributed by atoms with Crippen molar-refractivity contribution in [1.82, 2.24) is 0 Å². The molecule has 0 amide bonds. The third-order valence-corrected chi connectivity index (χ3v) is 4.93. The first kappa shape index (κ1) is 18.8. The van der Waals surface area contributed by atoms with E-state index in [1.165, 1.54) is 6.42 Å². The van der Waals surface area contributed by atoms with E-state index in [0.717, 1.165) is 55.9 Å². The first-order chi connectivity index (χ1) is 11.6. The Bertz CT molecular complexity index is 564. The average Bonchev–Trinajstić information content (AvgIpc) is 2.56. The van der Waals surface area contributed by atoms with Gasteiger partial charge in [-0.2, -0.15) is 0 Å². The fourth-order valence-electron chi connectivity index (χ4n) is 2.90. The summed E-state index contributed by atoms with van der Waals surface area (Å²) in [7, 11) is 0. The molecule has 0 unspecified atom stereocenters. The van der Waals surface area contributed by atoms with Crippen LogP contribution >= 0.6 is 11.8 Å². The van der Waals surface area contributed by atoms with E-state index < -0.39 is 5.30 Å². The van der Waals surface area contributed by atoms with Crippen molar-refractivity contribution in [3.8, 4) is 0 Å². The molecule has 0 heterocycles. The minimum Gasteiger partial charge on any atom is -0.459 e. The maximum absolute atomic E-state index is 12.6. The molecule has 2 rings (SSSR count). The first-order valence-corrected chi connectivity index (χ1v) is 9.64. The molecule has 0 spiro atoms. The summed E-state index contributed by atoms with van der Waals surface area (Å²) < 4.78 is 10.7. The Morgan fingerprint density at radius 1 is 1.17 bits per heavy atom. The fraction of sp³-hybridized carbons (Fsp3) is 0.579. The van der Waals surface area contributed by atoms with Crippen LogP contribution in [-0.2, 0) is 15.9 Å². The van der Waals surface area contributed by atoms with Crippen molar-refractivity contribution in [3.63, 3.8) is 0 Å². The highest BCUT2D eigenvalue weighted by atomic mass is 32.2. The van der Waals surface area contributed by atoms with Crippen LogP contribution in [0.2, 0.25) is 0 Å². The van der Waals surface area contributed by atoms with E-state index in [4.69, 9.17) is 9.47 Å². The summed E-state index contributed by atoms with van der Waals surface area (Å²) in [6, 6.07) is 5.62. The maximum Gasteiger partial charge on any atom is 0.372 e. The number of carbonyl (C=O) groups is 2. The minimum atomic E-state index is -0.391. The number of hydrogen-bond acceptors (Lipinski definition) is 5. The zero-order chi connectivity index (χ0) is 17.4. The van der Waals surface area contributed by atoms with E-state index in [1.54, 1.807) is 13.0 Å². The van der Waals surface area contributed by atoms with E-state index in [9.17, 15) is 9.59 Å². The molecule has 132 valence electrons. The van der Waals surface area contributed by atoms with Gasteiger partial charge < -0.3 is 9.47 Å². The van der Waals surface area contributed by atoms with E-state index in [-0.39, 0.29) is 12.1 Å². The van der Waals surface area contributed by atoms with Gasteiger partial charge in [0.2, 0.25) is 0 Å². The van der Waals surface area contributed by atoms with E-state index >= 15 is 0 Å². The van der Waals surface area contributed by atoms with Crippen molar-refractivity contribution in [1.29, 1.82) is 0 Å². The first-order valence-electron chi connectivity index (χ1n) is 8.82. The van der Waals surface area contributed by atoms with Crippen LogP contribution in [0.4, 0.5) is 4.79 Å². The predicted octanol–water partition coefficient (Wildman–Crippen LogP) is 5.38. The molecule has 4 nitrogen and oxygen atoms in total. The van der Waals surface area contributed by atoms with Crippen molar-refractivity contribution in [2.24, 2.45) is 0 Å². The quantitative estimate of drug-likeness (QED) is 0.509. The van der Waals surface area contributed by atoms with Gasteiger partial charge in [-0.25, -0.2) is 9.59 Å². The summed E-state index contributed by atoms with van der Waals surface area (Å²) >= 11 is 0.963. The number of esters is 1. The Kier molecular flexibility index (Phi) is 7.63. The zero-order valence-electron chi connectivity index (χ0n) is 14.5. The van der Waals surface area contributed by atoms with Gasteiger partial charge in [0.15, 0.2) is 0 Å². The SMILES string of the molecule is CCCc1ccc(C(=O)OC2CCCCC2)c(SC(=O)OCC)c1. The molecule has 0 N–H and O–H groups in total. The lowest BCUT2D eigenvalue weighted by atomic mass is 9.98. The number of benzene rings is 1. The molecule has 5 heteroatoms. The molecule has 0 atom stereocenters. The topological polar surface area (TPSA) is 52.6 Å². The van der Waals surface area contributed by atoms with Crippen LogP contribution < -0.4 is 0 Å². The van der Waals surface area contributed by atoms with Crippen molar-refractivity contribution in [3.05, 3.63) is 29.3 Å². The molecule has 0 radical (unpaired) electrons. The molecule has 24 heavy (non-hydrogen) atoms. The van der Waals surface area contributed by atoms with Crippen molar-refractivity contribution >= 4 is 23.0 Å². The number of ether oxygens (including phenoxy) is 2. The molecular weight excluding hydrogens is 324 g/mol. The van der Waals surface area contributed by atoms with Gasteiger partial charge in [0.1, 0.15) is 6.10 Å². The van der Waals surface area contributed by atoms with E-state index in [2.05, 4.69) is 6.92 Å². The molecular formula is C19H26O4S. The second-order valence-corrected chi connectivity index (χ2v) is 7.01. The Morgan fingerprint density at radius 2 is 1.92 bits per heavy atom. The van der Waals surface area contributed by atoms with Gasteiger partial charge in [-0.1, -0.05) is 25.8 Å². The number of aryl methyl sites for hydroxylation is 1. The van der Waals surface area contributed by atoms with Crippen molar-refractivity contribution < 1.29 is 19.1 Å². The molecule has 1 aliphatic rings. The molecule has 1 aromatic carbocycles. The van der Waals surface area contributed by atoms with Gasteiger partial charge >= 0.3 is 11.3 Å². The highest BCUT2D eigenvalue weighted by Gasteiger charge is 2.22. The van der Waals surface area contributed by atoms with Crippen LogP contribution in [0.15, 0.2) is 23.1 Å². The smallest absolute Gasteiger partial charge is 0.372 e. The Morgan fingerprint density at radius 3 is 2.58 bits per heavy atom. The van der Waals surface area contributed by atoms with Crippen LogP contribution in [0.1, 0.15) is 68.3 Å². The number of hydrogen-bond donors (Lipinski definition) is 0. The fourth-order valence-corrected chi connectivity index (χ4v) is 3.73. The lowest BCUT2D eigenvalue weighted by Gasteiger charge is -2.22. The Hall–Kier alpha value is -1.49. The van der Waals surface area contributed by atoms with Crippen LogP contribution in [-0.4, -0.2) is 24.0 Å². The summed E-state index contributed by atoms with van der Waals surface area (Å²) in [4.78, 5) is 25.0. The van der Waals surface area contributed by atoms with Crippen LogP contribution in [0.3, 0.4) is 0 Å². The van der Waals surface area contributed by atoms with Gasteiger partial charge in [-0.3, -0.25) is 0 Å². The summed E-state index contributed by atoms with van der Waals surface area (Å²) in [5, 5.41) is -0.391. The van der Waals surface area contributed by atoms with Gasteiger partial charge in [0.05, 0.1) is 12.2 Å². The highest BCUT2D eigenvalue weighted by Crippen LogP contribution is 2.29. The molecule has 0 aromatic heterocycles. The molecule has 1 saturated carbocycles. The second-order valence-electron chi connectivity index (χ2n) is 6.03. The summed E-state index contributed by atoms with van der Waals surface area (Å²) in [6.45, 7) is 4.19. The molecule has 1 fully saturated rings. The summed E-state index contributed by atoms with van der Waals surface area (Å²) in [6.07, 6.45) is 7.21. The van der Waals surface area contributed by atoms with Crippen LogP contribution in [0, 0.1) is 0 Å². The lowest BCUT2D eigenvalue weighted by Crippen LogP contribution is -2.21. The monoisotopic (exact) mass is 350 g/mol. The summed E-state index contributed by atoms with van der Waals surface area (Å²) in [5.41, 5.74) is 1.57. The molecule has 0 bridgehead atoms. The number of carbonyl (C=O) groups excluding carboxylic acids is 2. The summed E-state index contributed by atoms with van der Waals surface area (Å²) in [5.74, 6) is -0.336. The molecule has 1 aliphatic carbocycles. The van der Waals surface area contributed by atoms with Crippen LogP contribution in [0.25, 0.3) is 0 Å². The average molecular weight is 350 g/mol. The number of rotatable bonds is 6. The third-order valence-electron chi connectivity index (χ3n) is 4.09. The molecule has 1 aromatic rings. The minimum absolute atomic E-state index is 0.00186. The molecule has 0 saturated heterocycles. The van der Waals surface area contributed by atoms with E-state index in [1.807, 2.05) is 12.1 Å². The number of thioether (sulfide) groups is 1. The maximum atomic E-state index is 12.6. The zero-order valence-corrected chi connectivity index (χ0v) is 15.3. The largest absolute Gasteiger partial charge is 0.459 e. The van der Waals surface area contributed by atoms with Crippen molar-refractivity contribution in [2.45, 2.75) is 69.8 Å². The molecule has 0 aliphatic heterocycles. The lowest BCUT2D eigenvalue weighted by molar-refractivity contribution is 0.0207. The third kappa shape index (κ3) is 5.55. The second kappa shape index (κ2) is 9.72. The van der Waals surface area contributed by atoms with Gasteiger partial charge in [0.25, 0.3) is 0 Å². The van der Waals surface area contributed by atoms with Crippen molar-refractivity contribution in [2.75, 3.05) is 6.61 Å². The van der Waals surface area contributed by atoms with Gasteiger partial charge in [-0.15, -0.1) is 0 Å². The normalized spacial score (nSPS) is 15.1. The van der Waals surface area contributed by atoms with Crippen LogP contribution in [0.5, 0.6) is 0 Å². The van der Waals surface area contributed by atoms with E-state index in [0.29, 0.717) is 17.1 Å². The Balaban J connectivity index is 2.15. The highest BCUT2D eigenvalue weighted by molar-refractivity contribution is 8.13.